The van der Waals surface area contributed by atoms with Gasteiger partial charge in [-0.1, -0.05) is 6.92 Å². The van der Waals surface area contributed by atoms with Crippen LogP contribution in [0.25, 0.3) is 0 Å². The van der Waals surface area contributed by atoms with Crippen LogP contribution in [0.5, 0.6) is 0 Å². The van der Waals surface area contributed by atoms with Gasteiger partial charge in [0.1, 0.15) is 5.69 Å². The molecule has 0 spiro atoms. The number of carbonyl (C=O) groups is 1. The molecule has 2 atom stereocenters. The van der Waals surface area contributed by atoms with E-state index in [2.05, 4.69) is 18.8 Å². The fraction of sp³-hybridized carbons (Fsp3) is 0.500. The number of anilines is 1. The smallest absolute Gasteiger partial charge is 0.272 e. The summed E-state index contributed by atoms with van der Waals surface area (Å²) in [5.41, 5.74) is 6.67. The third-order valence-electron chi connectivity index (χ3n) is 3.05. The monoisotopic (exact) mass is 219 g/mol. The SMILES string of the molecule is CC1CC(C)N(C(=O)c2cc(N)ccn2)C1. The van der Waals surface area contributed by atoms with E-state index < -0.39 is 0 Å². The first-order chi connectivity index (χ1) is 7.58. The largest absolute Gasteiger partial charge is 0.399 e. The molecule has 2 unspecified atom stereocenters. The lowest BCUT2D eigenvalue weighted by Crippen LogP contribution is -2.34. The van der Waals surface area contributed by atoms with E-state index in [1.54, 1.807) is 18.3 Å². The summed E-state index contributed by atoms with van der Waals surface area (Å²) in [5.74, 6) is 0.559. The average Bonchev–Trinajstić information content (AvgIpc) is 2.57. The molecule has 1 aliphatic heterocycles. The molecule has 1 saturated heterocycles. The van der Waals surface area contributed by atoms with E-state index in [0.717, 1.165) is 13.0 Å². The molecule has 2 rings (SSSR count). The number of nitrogens with two attached hydrogens (primary N) is 1. The highest BCUT2D eigenvalue weighted by atomic mass is 16.2. The first-order valence-electron chi connectivity index (χ1n) is 5.60. The topological polar surface area (TPSA) is 59.2 Å². The molecule has 1 amide bonds. The first-order valence-corrected chi connectivity index (χ1v) is 5.60. The minimum absolute atomic E-state index is 0.0100. The van der Waals surface area contributed by atoms with Crippen molar-refractivity contribution in [2.45, 2.75) is 26.3 Å². The molecule has 1 aliphatic rings. The van der Waals surface area contributed by atoms with Gasteiger partial charge < -0.3 is 10.6 Å². The summed E-state index contributed by atoms with van der Waals surface area (Å²) in [6.45, 7) is 5.06. The summed E-state index contributed by atoms with van der Waals surface area (Å²) in [6, 6.07) is 3.62. The van der Waals surface area contributed by atoms with Crippen molar-refractivity contribution in [3.8, 4) is 0 Å². The van der Waals surface area contributed by atoms with Crippen molar-refractivity contribution in [1.29, 1.82) is 0 Å². The van der Waals surface area contributed by atoms with Gasteiger partial charge in [0.15, 0.2) is 0 Å². The first kappa shape index (κ1) is 10.9. The Bertz CT molecular complexity index is 405. The van der Waals surface area contributed by atoms with Crippen molar-refractivity contribution < 1.29 is 4.79 Å². The minimum Gasteiger partial charge on any atom is -0.399 e. The molecule has 0 aromatic carbocycles. The third-order valence-corrected chi connectivity index (χ3v) is 3.05. The third kappa shape index (κ3) is 2.01. The Morgan fingerprint density at radius 1 is 1.56 bits per heavy atom. The van der Waals surface area contributed by atoms with Crippen LogP contribution in [-0.4, -0.2) is 28.4 Å². The van der Waals surface area contributed by atoms with E-state index >= 15 is 0 Å². The molecule has 16 heavy (non-hydrogen) atoms. The number of hydrogen-bond acceptors (Lipinski definition) is 3. The summed E-state index contributed by atoms with van der Waals surface area (Å²) in [4.78, 5) is 18.1. The highest BCUT2D eigenvalue weighted by Gasteiger charge is 2.30. The van der Waals surface area contributed by atoms with E-state index in [0.29, 0.717) is 23.3 Å². The van der Waals surface area contributed by atoms with Crippen molar-refractivity contribution in [2.75, 3.05) is 12.3 Å². The number of nitrogen functional groups attached to an aromatic ring is 1. The molecular formula is C12H17N3O. The van der Waals surface area contributed by atoms with Gasteiger partial charge in [-0.3, -0.25) is 9.78 Å². The van der Waals surface area contributed by atoms with Gasteiger partial charge in [-0.15, -0.1) is 0 Å². The average molecular weight is 219 g/mol. The Kier molecular flexibility index (Phi) is 2.81. The summed E-state index contributed by atoms with van der Waals surface area (Å²) >= 11 is 0. The van der Waals surface area contributed by atoms with Gasteiger partial charge in [-0.2, -0.15) is 0 Å². The van der Waals surface area contributed by atoms with Gasteiger partial charge in [0.2, 0.25) is 0 Å². The van der Waals surface area contributed by atoms with Crippen LogP contribution in [0, 0.1) is 5.92 Å². The Morgan fingerprint density at radius 3 is 2.88 bits per heavy atom. The van der Waals surface area contributed by atoms with Crippen LogP contribution in [0.1, 0.15) is 30.8 Å². The van der Waals surface area contributed by atoms with Crippen LogP contribution in [0.4, 0.5) is 5.69 Å². The molecule has 0 radical (unpaired) electrons. The van der Waals surface area contributed by atoms with E-state index in [1.165, 1.54) is 0 Å². The number of carbonyl (C=O) groups excluding carboxylic acids is 1. The van der Waals surface area contributed by atoms with Crippen molar-refractivity contribution in [2.24, 2.45) is 5.92 Å². The van der Waals surface area contributed by atoms with Crippen molar-refractivity contribution in [1.82, 2.24) is 9.88 Å². The lowest BCUT2D eigenvalue weighted by molar-refractivity contribution is 0.0738. The molecule has 2 N–H and O–H groups in total. The maximum Gasteiger partial charge on any atom is 0.272 e. The number of likely N-dealkylation sites (tertiary alicyclic amines) is 1. The van der Waals surface area contributed by atoms with Crippen LogP contribution in [0.15, 0.2) is 18.3 Å². The lowest BCUT2D eigenvalue weighted by atomic mass is 10.1. The molecule has 1 fully saturated rings. The number of amides is 1. The Hall–Kier alpha value is -1.58. The molecule has 1 aromatic rings. The second-order valence-corrected chi connectivity index (χ2v) is 4.62. The summed E-state index contributed by atoms with van der Waals surface area (Å²) in [6.07, 6.45) is 2.64. The second kappa shape index (κ2) is 4.12. The van der Waals surface area contributed by atoms with Gasteiger partial charge in [0.05, 0.1) is 0 Å². The lowest BCUT2D eigenvalue weighted by Gasteiger charge is -2.20. The molecule has 0 bridgehead atoms. The fourth-order valence-corrected chi connectivity index (χ4v) is 2.29. The molecule has 4 heteroatoms. The maximum absolute atomic E-state index is 12.2. The zero-order valence-corrected chi connectivity index (χ0v) is 9.68. The quantitative estimate of drug-likeness (QED) is 0.779. The summed E-state index contributed by atoms with van der Waals surface area (Å²) in [7, 11) is 0. The van der Waals surface area contributed by atoms with Gasteiger partial charge >= 0.3 is 0 Å². The van der Waals surface area contributed by atoms with E-state index in [9.17, 15) is 4.79 Å². The van der Waals surface area contributed by atoms with Gasteiger partial charge in [-0.25, -0.2) is 0 Å². The fourth-order valence-electron chi connectivity index (χ4n) is 2.29. The van der Waals surface area contributed by atoms with E-state index in [4.69, 9.17) is 5.73 Å². The number of nitrogens with zero attached hydrogens (tertiary/aromatic N) is 2. The van der Waals surface area contributed by atoms with Crippen LogP contribution in [0.2, 0.25) is 0 Å². The predicted molar refractivity (Wildman–Crippen MR) is 62.9 cm³/mol. The molecule has 1 aromatic heterocycles. The minimum atomic E-state index is -0.0100. The molecule has 0 saturated carbocycles. The Labute approximate surface area is 95.5 Å². The van der Waals surface area contributed by atoms with Crippen LogP contribution in [-0.2, 0) is 0 Å². The standard InChI is InChI=1S/C12H17N3O/c1-8-5-9(2)15(7-8)12(16)11-6-10(13)3-4-14-11/h3-4,6,8-9H,5,7H2,1-2H3,(H2,13,14). The number of aromatic nitrogens is 1. The molecule has 2 heterocycles. The van der Waals surface area contributed by atoms with Crippen LogP contribution < -0.4 is 5.73 Å². The predicted octanol–water partition coefficient (Wildman–Crippen LogP) is 1.53. The van der Waals surface area contributed by atoms with Crippen molar-refractivity contribution >= 4 is 11.6 Å². The number of pyridine rings is 1. The Morgan fingerprint density at radius 2 is 2.31 bits per heavy atom. The summed E-state index contributed by atoms with van der Waals surface area (Å²) in [5, 5.41) is 0. The molecule has 86 valence electrons. The number of hydrogen-bond donors (Lipinski definition) is 1. The van der Waals surface area contributed by atoms with E-state index in [-0.39, 0.29) is 5.91 Å². The van der Waals surface area contributed by atoms with Crippen LogP contribution in [0.3, 0.4) is 0 Å². The zero-order chi connectivity index (χ0) is 11.7. The van der Waals surface area contributed by atoms with Crippen molar-refractivity contribution in [3.05, 3.63) is 24.0 Å². The summed E-state index contributed by atoms with van der Waals surface area (Å²) < 4.78 is 0. The normalized spacial score (nSPS) is 24.8. The molecular weight excluding hydrogens is 202 g/mol. The highest BCUT2D eigenvalue weighted by molar-refractivity contribution is 5.93. The molecule has 0 aliphatic carbocycles. The van der Waals surface area contributed by atoms with Crippen LogP contribution >= 0.6 is 0 Å². The zero-order valence-electron chi connectivity index (χ0n) is 9.68. The van der Waals surface area contributed by atoms with Crippen molar-refractivity contribution in [3.63, 3.8) is 0 Å². The van der Waals surface area contributed by atoms with Gasteiger partial charge in [0, 0.05) is 24.5 Å². The highest BCUT2D eigenvalue weighted by Crippen LogP contribution is 2.24. The molecule has 4 nitrogen and oxygen atoms in total. The second-order valence-electron chi connectivity index (χ2n) is 4.62. The van der Waals surface area contributed by atoms with E-state index in [1.807, 2.05) is 4.90 Å². The Balaban J connectivity index is 2.19. The van der Waals surface area contributed by atoms with Gasteiger partial charge in [-0.05, 0) is 31.4 Å². The maximum atomic E-state index is 12.2. The number of rotatable bonds is 1. The van der Waals surface area contributed by atoms with Gasteiger partial charge in [0.25, 0.3) is 5.91 Å².